The van der Waals surface area contributed by atoms with Crippen molar-refractivity contribution >= 4 is 11.6 Å². The zero-order valence-electron chi connectivity index (χ0n) is 12.8. The van der Waals surface area contributed by atoms with Crippen LogP contribution in [-0.2, 0) is 9.59 Å². The number of hydrogen-bond acceptors (Lipinski definition) is 9. The Morgan fingerprint density at radius 3 is 1.74 bits per heavy atom. The van der Waals surface area contributed by atoms with Gasteiger partial charge in [-0.25, -0.2) is 5.32 Å². The molecular formula is C14H20N4O5. The van der Waals surface area contributed by atoms with Gasteiger partial charge in [-0.15, -0.1) is 0 Å². The SMILES string of the molecule is CNC(O)(O)O.O=C1C=C(N2CC2)C(=O)C(N2CC2)=C1N1CC1. The lowest BCUT2D eigenvalue weighted by Crippen LogP contribution is -2.41. The van der Waals surface area contributed by atoms with Gasteiger partial charge < -0.3 is 30.0 Å². The zero-order chi connectivity index (χ0) is 16.8. The van der Waals surface area contributed by atoms with Crippen molar-refractivity contribution in [1.29, 1.82) is 0 Å². The Labute approximate surface area is 133 Å². The van der Waals surface area contributed by atoms with Crippen LogP contribution in [0.2, 0.25) is 0 Å². The summed E-state index contributed by atoms with van der Waals surface area (Å²) < 4.78 is 0. The molecule has 126 valence electrons. The second-order valence-electron chi connectivity index (χ2n) is 5.77. The largest absolute Gasteiger partial charge is 0.365 e. The molecule has 1 aliphatic carbocycles. The highest BCUT2D eigenvalue weighted by atomic mass is 16.7. The topological polar surface area (TPSA) is 116 Å². The Hall–Kier alpha value is -1.94. The number of rotatable bonds is 4. The third kappa shape index (κ3) is 3.70. The lowest BCUT2D eigenvalue weighted by Gasteiger charge is -2.21. The third-order valence-electron chi connectivity index (χ3n) is 3.82. The summed E-state index contributed by atoms with van der Waals surface area (Å²) in [7, 11) is 1.21. The van der Waals surface area contributed by atoms with Crippen LogP contribution in [0.15, 0.2) is 23.2 Å². The maximum Gasteiger partial charge on any atom is 0.342 e. The van der Waals surface area contributed by atoms with E-state index in [0.717, 1.165) is 39.3 Å². The number of nitrogens with zero attached hydrogens (tertiary/aromatic N) is 3. The van der Waals surface area contributed by atoms with Crippen LogP contribution >= 0.6 is 0 Å². The predicted octanol–water partition coefficient (Wildman–Crippen LogP) is -3.03. The standard InChI is InChI=1S/C12H13N3O2.C2H7NO3/c16-9-7-8(13-1-2-13)12(17)11(15-5-6-15)10(9)14-3-4-14;1-3-2(4,5)6/h7H,1-6H2;3-6H,1H3. The van der Waals surface area contributed by atoms with Crippen LogP contribution in [0.1, 0.15) is 0 Å². The van der Waals surface area contributed by atoms with Gasteiger partial charge in [0.05, 0.1) is 5.70 Å². The van der Waals surface area contributed by atoms with Crippen molar-refractivity contribution in [1.82, 2.24) is 20.0 Å². The summed E-state index contributed by atoms with van der Waals surface area (Å²) in [6.45, 7) is 5.41. The van der Waals surface area contributed by atoms with E-state index in [1.807, 2.05) is 14.7 Å². The van der Waals surface area contributed by atoms with Crippen LogP contribution in [0.4, 0.5) is 0 Å². The van der Waals surface area contributed by atoms with Crippen LogP contribution < -0.4 is 5.32 Å². The summed E-state index contributed by atoms with van der Waals surface area (Å²) in [5.41, 5.74) is 1.89. The van der Waals surface area contributed by atoms with E-state index in [9.17, 15) is 9.59 Å². The molecule has 0 radical (unpaired) electrons. The molecule has 23 heavy (non-hydrogen) atoms. The van der Waals surface area contributed by atoms with Crippen molar-refractivity contribution in [2.75, 3.05) is 46.3 Å². The molecule has 0 spiro atoms. The van der Waals surface area contributed by atoms with E-state index in [0.29, 0.717) is 17.1 Å². The summed E-state index contributed by atoms with van der Waals surface area (Å²) in [5.74, 6) is 0.0485. The first-order chi connectivity index (χ1) is 10.8. The molecule has 3 saturated heterocycles. The van der Waals surface area contributed by atoms with Crippen LogP contribution in [0.5, 0.6) is 0 Å². The summed E-state index contributed by atoms with van der Waals surface area (Å²) in [6, 6.07) is 0. The molecule has 9 heteroatoms. The van der Waals surface area contributed by atoms with Gasteiger partial charge in [0.1, 0.15) is 11.4 Å². The number of nitrogens with one attached hydrogen (secondary N) is 1. The van der Waals surface area contributed by atoms with Gasteiger partial charge >= 0.3 is 6.10 Å². The number of Topliss-reactive ketones (excluding diaryl/α,β-unsaturated/α-hetero) is 1. The van der Waals surface area contributed by atoms with Gasteiger partial charge in [-0.3, -0.25) is 9.59 Å². The molecule has 0 aromatic heterocycles. The van der Waals surface area contributed by atoms with Crippen molar-refractivity contribution < 1.29 is 24.9 Å². The monoisotopic (exact) mass is 324 g/mol. The molecule has 3 heterocycles. The molecule has 4 N–H and O–H groups in total. The Morgan fingerprint density at radius 1 is 0.913 bits per heavy atom. The second kappa shape index (κ2) is 5.60. The molecule has 0 amide bonds. The van der Waals surface area contributed by atoms with E-state index in [1.54, 1.807) is 5.32 Å². The lowest BCUT2D eigenvalue weighted by molar-refractivity contribution is -0.328. The van der Waals surface area contributed by atoms with Gasteiger partial charge in [0.15, 0.2) is 0 Å². The summed E-state index contributed by atoms with van der Waals surface area (Å²) in [5, 5.41) is 25.3. The van der Waals surface area contributed by atoms with Crippen molar-refractivity contribution in [2.45, 2.75) is 6.10 Å². The molecule has 4 aliphatic rings. The summed E-state index contributed by atoms with van der Waals surface area (Å²) in [6.07, 6.45) is -1.18. The molecule has 0 atom stereocenters. The van der Waals surface area contributed by atoms with E-state index in [2.05, 4.69) is 0 Å². The maximum atomic E-state index is 12.4. The van der Waals surface area contributed by atoms with Crippen LogP contribution in [-0.4, -0.2) is 94.0 Å². The van der Waals surface area contributed by atoms with Gasteiger partial charge in [-0.1, -0.05) is 0 Å². The van der Waals surface area contributed by atoms with Crippen LogP contribution in [0, 0.1) is 0 Å². The Kier molecular flexibility index (Phi) is 3.88. The van der Waals surface area contributed by atoms with Gasteiger partial charge in [-0.05, 0) is 7.05 Å². The average molecular weight is 324 g/mol. The quantitative estimate of drug-likeness (QED) is 0.243. The molecule has 0 aromatic carbocycles. The number of allylic oxidation sites excluding steroid dienone is 1. The highest BCUT2D eigenvalue weighted by molar-refractivity contribution is 6.22. The number of aliphatic hydroxyl groups is 3. The minimum atomic E-state index is -2.71. The minimum Gasteiger partial charge on any atom is -0.365 e. The highest BCUT2D eigenvalue weighted by Crippen LogP contribution is 2.33. The van der Waals surface area contributed by atoms with Crippen LogP contribution in [0.25, 0.3) is 0 Å². The second-order valence-corrected chi connectivity index (χ2v) is 5.77. The molecular weight excluding hydrogens is 304 g/mol. The highest BCUT2D eigenvalue weighted by Gasteiger charge is 2.43. The molecule has 3 fully saturated rings. The zero-order valence-corrected chi connectivity index (χ0v) is 12.8. The first-order valence-corrected chi connectivity index (χ1v) is 7.47. The van der Waals surface area contributed by atoms with Crippen molar-refractivity contribution in [3.8, 4) is 0 Å². The van der Waals surface area contributed by atoms with Gasteiger partial charge in [0, 0.05) is 45.3 Å². The number of carbonyl (C=O) groups excluding carboxylic acids is 2. The minimum absolute atomic E-state index is 0.00546. The number of ketones is 2. The fraction of sp³-hybridized carbons (Fsp3) is 0.571. The van der Waals surface area contributed by atoms with E-state index >= 15 is 0 Å². The number of hydrogen-bond donors (Lipinski definition) is 4. The molecule has 9 nitrogen and oxygen atoms in total. The van der Waals surface area contributed by atoms with Gasteiger partial charge in [0.25, 0.3) is 0 Å². The summed E-state index contributed by atoms with van der Waals surface area (Å²) >= 11 is 0. The molecule has 0 bridgehead atoms. The van der Waals surface area contributed by atoms with E-state index < -0.39 is 6.10 Å². The normalized spacial score (nSPS) is 22.8. The Bertz CT molecular complexity index is 595. The smallest absolute Gasteiger partial charge is 0.342 e. The third-order valence-corrected chi connectivity index (χ3v) is 3.82. The maximum absolute atomic E-state index is 12.4. The molecule has 0 aromatic rings. The van der Waals surface area contributed by atoms with Gasteiger partial charge in [0.2, 0.25) is 11.6 Å². The van der Waals surface area contributed by atoms with Crippen molar-refractivity contribution in [2.24, 2.45) is 0 Å². The first kappa shape index (κ1) is 15.9. The van der Waals surface area contributed by atoms with E-state index in [1.165, 1.54) is 13.1 Å². The molecule has 0 unspecified atom stereocenters. The Balaban J connectivity index is 0.000000227. The predicted molar refractivity (Wildman–Crippen MR) is 78.3 cm³/mol. The van der Waals surface area contributed by atoms with E-state index in [-0.39, 0.29) is 11.6 Å². The fourth-order valence-electron chi connectivity index (χ4n) is 2.28. The average Bonchev–Trinajstić information content (AvgIpc) is 3.34. The molecule has 3 aliphatic heterocycles. The van der Waals surface area contributed by atoms with Crippen LogP contribution in [0.3, 0.4) is 0 Å². The first-order valence-electron chi connectivity index (χ1n) is 7.47. The Morgan fingerprint density at radius 2 is 1.35 bits per heavy atom. The van der Waals surface area contributed by atoms with E-state index in [4.69, 9.17) is 15.3 Å². The molecule has 0 saturated carbocycles. The van der Waals surface area contributed by atoms with Gasteiger partial charge in [-0.2, -0.15) is 0 Å². The van der Waals surface area contributed by atoms with Crippen molar-refractivity contribution in [3.05, 3.63) is 23.2 Å². The number of carbonyl (C=O) groups is 2. The van der Waals surface area contributed by atoms with Crippen molar-refractivity contribution in [3.63, 3.8) is 0 Å². The molecule has 4 rings (SSSR count). The fourth-order valence-corrected chi connectivity index (χ4v) is 2.28. The summed E-state index contributed by atoms with van der Waals surface area (Å²) in [4.78, 5) is 30.5. The lowest BCUT2D eigenvalue weighted by atomic mass is 10.0.